The Morgan fingerprint density at radius 3 is 2.67 bits per heavy atom. The van der Waals surface area contributed by atoms with E-state index in [1.54, 1.807) is 28.9 Å². The van der Waals surface area contributed by atoms with Crippen molar-refractivity contribution in [1.82, 2.24) is 10.3 Å². The van der Waals surface area contributed by atoms with Crippen LogP contribution in [-0.4, -0.2) is 23.3 Å². The van der Waals surface area contributed by atoms with E-state index >= 15 is 0 Å². The maximum Gasteiger partial charge on any atom is 0.417 e. The minimum atomic E-state index is -4.70. The van der Waals surface area contributed by atoms with Crippen LogP contribution < -0.4 is 20.5 Å². The number of thiophene rings is 1. The Bertz CT molecular complexity index is 1360. The van der Waals surface area contributed by atoms with E-state index in [0.29, 0.717) is 11.3 Å². The number of aromatic nitrogens is 3. The van der Waals surface area contributed by atoms with Crippen LogP contribution in [0.25, 0.3) is 21.5 Å². The molecule has 1 aliphatic carbocycles. The molecule has 0 bridgehead atoms. The summed E-state index contributed by atoms with van der Waals surface area (Å²) in [6.45, 7) is 0. The molecule has 3 heterocycles. The highest BCUT2D eigenvalue weighted by molar-refractivity contribution is 7.21. The van der Waals surface area contributed by atoms with Crippen LogP contribution in [0.15, 0.2) is 41.1 Å². The summed E-state index contributed by atoms with van der Waals surface area (Å²) in [5.41, 5.74) is 5.34. The molecule has 4 aromatic rings. The fourth-order valence-corrected chi connectivity index (χ4v) is 4.43. The summed E-state index contributed by atoms with van der Waals surface area (Å²) >= 11 is 0.782. The van der Waals surface area contributed by atoms with Crippen molar-refractivity contribution in [3.63, 3.8) is 0 Å². The number of carbonyl (C=O) groups is 1. The van der Waals surface area contributed by atoms with Crippen LogP contribution in [0.4, 0.5) is 24.7 Å². The Morgan fingerprint density at radius 1 is 1.30 bits per heavy atom. The normalized spacial score (nSPS) is 13.9. The van der Waals surface area contributed by atoms with Crippen LogP contribution in [0.3, 0.4) is 0 Å². The number of ether oxygens (including phenoxy) is 1. The summed E-state index contributed by atoms with van der Waals surface area (Å²) < 4.78 is 53.6. The molecule has 170 valence electrons. The summed E-state index contributed by atoms with van der Waals surface area (Å²) in [6, 6.07) is 7.64. The minimum absolute atomic E-state index is 0.00362. The molecule has 8 nitrogen and oxygen atoms in total. The number of rotatable bonds is 5. The number of anilines is 2. The zero-order chi connectivity index (χ0) is 23.3. The van der Waals surface area contributed by atoms with Gasteiger partial charge in [0.25, 0.3) is 12.1 Å². The monoisotopic (exact) mass is 476 g/mol. The van der Waals surface area contributed by atoms with Crippen molar-refractivity contribution in [3.8, 4) is 17.0 Å². The summed E-state index contributed by atoms with van der Waals surface area (Å²) in [4.78, 5) is 17.1. The highest BCUT2D eigenvalue weighted by atomic mass is 32.1. The van der Waals surface area contributed by atoms with Crippen molar-refractivity contribution in [2.75, 3.05) is 18.2 Å². The number of nitrogen functional groups attached to an aromatic ring is 1. The topological polar surface area (TPSA) is 107 Å². The number of amides is 1. The summed E-state index contributed by atoms with van der Waals surface area (Å²) in [5.74, 6) is -0.0639. The molecule has 0 spiro atoms. The van der Waals surface area contributed by atoms with Crippen LogP contribution in [0.2, 0.25) is 0 Å². The molecule has 1 aromatic carbocycles. The average Bonchev–Trinajstić information content (AvgIpc) is 3.45. The van der Waals surface area contributed by atoms with Crippen LogP contribution >= 0.6 is 11.3 Å². The van der Waals surface area contributed by atoms with Gasteiger partial charge in [-0.15, -0.1) is 11.3 Å². The van der Waals surface area contributed by atoms with Crippen LogP contribution in [0, 0.1) is 0 Å². The number of pyridine rings is 1. The van der Waals surface area contributed by atoms with E-state index in [0.717, 1.165) is 30.2 Å². The number of methoxy groups -OCH3 is 1. The van der Waals surface area contributed by atoms with Crippen LogP contribution in [0.5, 0.6) is 5.75 Å². The second-order valence-corrected chi connectivity index (χ2v) is 8.54. The van der Waals surface area contributed by atoms with Gasteiger partial charge in [0.05, 0.1) is 24.1 Å². The first kappa shape index (κ1) is 21.2. The number of benzene rings is 1. The van der Waals surface area contributed by atoms with E-state index in [1.807, 2.05) is 0 Å². The second-order valence-electron chi connectivity index (χ2n) is 7.54. The molecule has 1 fully saturated rings. The second kappa shape index (κ2) is 7.73. The number of halogens is 3. The zero-order valence-corrected chi connectivity index (χ0v) is 18.0. The molecular formula is C21H17F3N5O3S+. The van der Waals surface area contributed by atoms with Crippen molar-refractivity contribution in [1.29, 1.82) is 0 Å². The fourth-order valence-electron chi connectivity index (χ4n) is 3.42. The van der Waals surface area contributed by atoms with Gasteiger partial charge >= 0.3 is 12.1 Å². The smallest absolute Gasteiger partial charge is 0.417 e. The lowest BCUT2D eigenvalue weighted by molar-refractivity contribution is -0.765. The number of fused-ring (bicyclic) bond motifs is 1. The highest BCUT2D eigenvalue weighted by Gasteiger charge is 2.37. The van der Waals surface area contributed by atoms with Gasteiger partial charge in [0.1, 0.15) is 15.5 Å². The van der Waals surface area contributed by atoms with Crippen molar-refractivity contribution in [3.05, 3.63) is 47.0 Å². The minimum Gasteiger partial charge on any atom is -0.497 e. The Balaban J connectivity index is 1.56. The molecule has 12 heteroatoms. The van der Waals surface area contributed by atoms with Gasteiger partial charge < -0.3 is 10.5 Å². The van der Waals surface area contributed by atoms with Gasteiger partial charge in [-0.25, -0.2) is 4.98 Å². The molecule has 0 aliphatic heterocycles. The van der Waals surface area contributed by atoms with Gasteiger partial charge in [-0.2, -0.15) is 13.2 Å². The van der Waals surface area contributed by atoms with Gasteiger partial charge in [-0.3, -0.25) is 14.6 Å². The first-order valence-electron chi connectivity index (χ1n) is 9.88. The summed E-state index contributed by atoms with van der Waals surface area (Å²) in [7, 11) is 1.49. The number of hydrogen-bond acceptors (Lipinski definition) is 7. The third-order valence-corrected chi connectivity index (χ3v) is 6.34. The summed E-state index contributed by atoms with van der Waals surface area (Å²) in [5, 5.41) is 6.02. The van der Waals surface area contributed by atoms with E-state index in [2.05, 4.69) is 15.6 Å². The van der Waals surface area contributed by atoms with Gasteiger partial charge in [0.2, 0.25) is 5.27 Å². The molecule has 3 N–H and O–H groups in total. The number of carbonyl (C=O) groups excluding carboxylic acids is 1. The van der Waals surface area contributed by atoms with E-state index in [-0.39, 0.29) is 38.4 Å². The Morgan fingerprint density at radius 2 is 2.03 bits per heavy atom. The first-order chi connectivity index (χ1) is 15.7. The quantitative estimate of drug-likeness (QED) is 0.413. The molecule has 1 amide bonds. The van der Waals surface area contributed by atoms with Gasteiger partial charge in [0.15, 0.2) is 6.04 Å². The average molecular weight is 476 g/mol. The van der Waals surface area contributed by atoms with Crippen molar-refractivity contribution in [2.24, 2.45) is 0 Å². The van der Waals surface area contributed by atoms with Crippen LogP contribution in [-0.2, 0) is 6.18 Å². The largest absolute Gasteiger partial charge is 0.497 e. The Hall–Kier alpha value is -3.67. The molecule has 3 aromatic heterocycles. The maximum absolute atomic E-state index is 13.9. The molecule has 0 saturated heterocycles. The molecule has 0 radical (unpaired) electrons. The molecule has 0 atom stereocenters. The number of alkyl halides is 3. The van der Waals surface area contributed by atoms with Crippen molar-refractivity contribution >= 4 is 39.0 Å². The van der Waals surface area contributed by atoms with E-state index < -0.39 is 17.6 Å². The molecule has 1 aliphatic rings. The fraction of sp³-hybridized carbons (Fsp3) is 0.238. The third-order valence-electron chi connectivity index (χ3n) is 5.24. The molecular weight excluding hydrogens is 459 g/mol. The van der Waals surface area contributed by atoms with Crippen molar-refractivity contribution in [2.45, 2.75) is 25.1 Å². The maximum atomic E-state index is 13.9. The van der Waals surface area contributed by atoms with Crippen molar-refractivity contribution < 1.29 is 31.9 Å². The summed E-state index contributed by atoms with van der Waals surface area (Å²) in [6.07, 6.45) is -1.24. The van der Waals surface area contributed by atoms with Gasteiger partial charge in [-0.05, 0) is 35.0 Å². The predicted octanol–water partition coefficient (Wildman–Crippen LogP) is 4.44. The Kier molecular flexibility index (Phi) is 4.96. The predicted molar refractivity (Wildman–Crippen MR) is 114 cm³/mol. The first-order valence-corrected chi connectivity index (χ1v) is 10.7. The van der Waals surface area contributed by atoms with Gasteiger partial charge in [-0.1, -0.05) is 0 Å². The standard InChI is InChI=1S/C21H16F3N5O3S/c1-31-12-6-2-10(3-7-12)14-8-13(21(22,23)24)16-17(25)18(33-20(16)26-14)19(30)27-15-9-29(28-32-15)11-4-5-11/h2-3,6-9,11H,4-5H2,1H3,(H2-,25,27,28,30)/p+1. The van der Waals surface area contributed by atoms with E-state index in [4.69, 9.17) is 15.0 Å². The third kappa shape index (κ3) is 3.97. The number of nitrogens with two attached hydrogens (primary N) is 1. The van der Waals surface area contributed by atoms with E-state index in [9.17, 15) is 18.0 Å². The lowest BCUT2D eigenvalue weighted by Crippen LogP contribution is -2.32. The van der Waals surface area contributed by atoms with E-state index in [1.165, 1.54) is 13.3 Å². The number of hydrogen-bond donors (Lipinski definition) is 2. The number of nitrogens with one attached hydrogen (secondary N) is 1. The number of nitrogens with zero attached hydrogens (tertiary/aromatic N) is 3. The molecule has 33 heavy (non-hydrogen) atoms. The zero-order valence-electron chi connectivity index (χ0n) is 17.1. The molecule has 0 unspecified atom stereocenters. The lowest BCUT2D eigenvalue weighted by Gasteiger charge is -2.11. The highest BCUT2D eigenvalue weighted by Crippen LogP contribution is 2.43. The molecule has 1 saturated carbocycles. The van der Waals surface area contributed by atoms with Gasteiger partial charge in [0, 0.05) is 23.8 Å². The lowest BCUT2D eigenvalue weighted by atomic mass is 10.1. The SMILES string of the molecule is COc1ccc(-c2cc(C(F)(F)F)c3c(N)c(C(=O)Nc4c[n+](C5CC5)no4)sc3n2)cc1. The molecule has 5 rings (SSSR count). The Labute approximate surface area is 188 Å². The van der Waals surface area contributed by atoms with Crippen LogP contribution in [0.1, 0.15) is 34.1 Å².